The molecule has 0 spiro atoms. The van der Waals surface area contributed by atoms with Gasteiger partial charge in [-0.1, -0.05) is 52.3 Å². The number of ketones is 1. The molecule has 1 aromatic rings. The second kappa shape index (κ2) is 4.57. The van der Waals surface area contributed by atoms with Gasteiger partial charge in [0, 0.05) is 18.9 Å². The Morgan fingerprint density at radius 3 is 2.63 bits per heavy atom. The summed E-state index contributed by atoms with van der Waals surface area (Å²) in [6, 6.07) is 10.3. The first kappa shape index (κ1) is 13.1. The Kier molecular flexibility index (Phi) is 3.14. The van der Waals surface area contributed by atoms with Crippen LogP contribution in [0, 0.1) is 11.8 Å². The van der Waals surface area contributed by atoms with E-state index in [1.54, 1.807) is 7.11 Å². The number of methoxy groups -OCH3 is 1. The first-order valence-electron chi connectivity index (χ1n) is 6.59. The normalized spacial score (nSPS) is 37.3. The number of ether oxygens (including phenoxy) is 1. The van der Waals surface area contributed by atoms with Gasteiger partial charge >= 0.3 is 0 Å². The van der Waals surface area contributed by atoms with E-state index in [4.69, 9.17) is 4.74 Å². The molecule has 0 radical (unpaired) electrons. The fourth-order valence-corrected chi connectivity index (χ4v) is 4.36. The van der Waals surface area contributed by atoms with Gasteiger partial charge in [0.25, 0.3) is 0 Å². The van der Waals surface area contributed by atoms with Gasteiger partial charge in [-0.05, 0) is 29.3 Å². The fraction of sp³-hybridized carbons (Fsp3) is 0.438. The lowest BCUT2D eigenvalue weighted by Gasteiger charge is -2.49. The molecule has 1 fully saturated rings. The molecule has 3 aliphatic carbocycles. The maximum absolute atomic E-state index is 12.7. The van der Waals surface area contributed by atoms with Crippen LogP contribution in [0.25, 0.3) is 0 Å². The molecule has 3 unspecified atom stereocenters. The van der Waals surface area contributed by atoms with Crippen molar-refractivity contribution >= 4 is 21.7 Å². The van der Waals surface area contributed by atoms with Crippen molar-refractivity contribution in [1.29, 1.82) is 0 Å². The predicted octanol–water partition coefficient (Wildman–Crippen LogP) is 3.67. The molecular weight excluding hydrogens is 304 g/mol. The molecule has 2 nitrogen and oxygen atoms in total. The lowest BCUT2D eigenvalue weighted by molar-refractivity contribution is -0.154. The van der Waals surface area contributed by atoms with E-state index in [-0.39, 0.29) is 23.5 Å². The third-order valence-corrected chi connectivity index (χ3v) is 5.52. The predicted molar refractivity (Wildman–Crippen MR) is 78.2 cm³/mol. The quantitative estimate of drug-likeness (QED) is 0.831. The monoisotopic (exact) mass is 320 g/mol. The molecular formula is C16H17BrO2. The number of halogens is 1. The molecule has 100 valence electrons. The molecule has 0 aromatic heterocycles. The standard InChI is InChI=1S/C16H17BrO2/c1-16(19-2)13-8-11(10-6-4-3-5-7-10)12(15(16)18)9-14(13)17/h3-7,9,11-13H,8H2,1-2H3/t11?,12?,13?,16-/m1/s1. The van der Waals surface area contributed by atoms with Crippen LogP contribution in [0.4, 0.5) is 0 Å². The number of carbonyl (C=O) groups excluding carboxylic acids is 1. The summed E-state index contributed by atoms with van der Waals surface area (Å²) >= 11 is 3.62. The first-order chi connectivity index (χ1) is 9.08. The summed E-state index contributed by atoms with van der Waals surface area (Å²) in [6.45, 7) is 1.92. The van der Waals surface area contributed by atoms with Gasteiger partial charge in [-0.15, -0.1) is 0 Å². The average Bonchev–Trinajstić information content (AvgIpc) is 2.45. The topological polar surface area (TPSA) is 26.3 Å². The number of benzene rings is 1. The Balaban J connectivity index is 2.03. The molecule has 0 amide bonds. The van der Waals surface area contributed by atoms with Crippen molar-refractivity contribution in [2.24, 2.45) is 11.8 Å². The number of rotatable bonds is 2. The zero-order valence-corrected chi connectivity index (χ0v) is 12.7. The van der Waals surface area contributed by atoms with E-state index in [9.17, 15) is 4.79 Å². The zero-order valence-electron chi connectivity index (χ0n) is 11.1. The van der Waals surface area contributed by atoms with E-state index >= 15 is 0 Å². The van der Waals surface area contributed by atoms with Crippen LogP contribution in [0.2, 0.25) is 0 Å². The Hall–Kier alpha value is -0.930. The van der Waals surface area contributed by atoms with Gasteiger partial charge in [0.2, 0.25) is 0 Å². The Morgan fingerprint density at radius 2 is 2.00 bits per heavy atom. The van der Waals surface area contributed by atoms with Crippen LogP contribution in [0.1, 0.15) is 24.8 Å². The van der Waals surface area contributed by atoms with Gasteiger partial charge in [0.1, 0.15) is 5.60 Å². The Labute approximate surface area is 122 Å². The smallest absolute Gasteiger partial charge is 0.172 e. The van der Waals surface area contributed by atoms with Crippen LogP contribution >= 0.6 is 15.9 Å². The molecule has 1 aromatic carbocycles. The highest BCUT2D eigenvalue weighted by molar-refractivity contribution is 9.11. The van der Waals surface area contributed by atoms with Crippen LogP contribution in [0.3, 0.4) is 0 Å². The van der Waals surface area contributed by atoms with Gasteiger partial charge in [-0.2, -0.15) is 0 Å². The minimum Gasteiger partial charge on any atom is -0.370 e. The van der Waals surface area contributed by atoms with E-state index in [1.807, 2.05) is 25.1 Å². The van der Waals surface area contributed by atoms with Gasteiger partial charge in [0.05, 0.1) is 0 Å². The summed E-state index contributed by atoms with van der Waals surface area (Å²) in [7, 11) is 1.64. The zero-order chi connectivity index (χ0) is 13.6. The largest absolute Gasteiger partial charge is 0.370 e. The van der Waals surface area contributed by atoms with Crippen LogP contribution in [-0.4, -0.2) is 18.5 Å². The third kappa shape index (κ3) is 1.83. The van der Waals surface area contributed by atoms with E-state index in [0.717, 1.165) is 10.9 Å². The number of hydrogen-bond acceptors (Lipinski definition) is 2. The third-order valence-electron chi connectivity index (χ3n) is 4.70. The average molecular weight is 321 g/mol. The summed E-state index contributed by atoms with van der Waals surface area (Å²) in [5, 5.41) is 0. The van der Waals surface area contributed by atoms with Gasteiger partial charge in [-0.25, -0.2) is 0 Å². The van der Waals surface area contributed by atoms with Crippen molar-refractivity contribution < 1.29 is 9.53 Å². The van der Waals surface area contributed by atoms with Crippen LogP contribution in [0.5, 0.6) is 0 Å². The number of fused-ring (bicyclic) bond motifs is 2. The Morgan fingerprint density at radius 1 is 1.32 bits per heavy atom. The molecule has 0 saturated heterocycles. The summed E-state index contributed by atoms with van der Waals surface area (Å²) in [5.74, 6) is 0.540. The van der Waals surface area contributed by atoms with Crippen LogP contribution in [-0.2, 0) is 9.53 Å². The minimum atomic E-state index is -0.677. The fourth-order valence-electron chi connectivity index (χ4n) is 3.45. The molecule has 0 N–H and O–H groups in total. The lowest BCUT2D eigenvalue weighted by atomic mass is 9.59. The second-order valence-corrected chi connectivity index (χ2v) is 6.47. The second-order valence-electron chi connectivity index (χ2n) is 5.56. The maximum atomic E-state index is 12.7. The van der Waals surface area contributed by atoms with Crippen LogP contribution in [0.15, 0.2) is 40.9 Å². The summed E-state index contributed by atoms with van der Waals surface area (Å²) in [6.07, 6.45) is 3.04. The van der Waals surface area contributed by atoms with Crippen molar-refractivity contribution in [3.63, 3.8) is 0 Å². The Bertz CT molecular complexity index is 537. The van der Waals surface area contributed by atoms with Gasteiger partial charge < -0.3 is 4.74 Å². The van der Waals surface area contributed by atoms with Crippen LogP contribution < -0.4 is 0 Å². The maximum Gasteiger partial charge on any atom is 0.172 e. The van der Waals surface area contributed by atoms with E-state index in [0.29, 0.717) is 0 Å². The molecule has 3 aliphatic rings. The molecule has 2 bridgehead atoms. The number of hydrogen-bond donors (Lipinski definition) is 0. The summed E-state index contributed by atoms with van der Waals surface area (Å²) in [5.41, 5.74) is 0.573. The van der Waals surface area contributed by atoms with Crippen molar-refractivity contribution in [2.45, 2.75) is 24.9 Å². The number of Topliss-reactive ketones (excluding diaryl/α,β-unsaturated/α-hetero) is 1. The van der Waals surface area contributed by atoms with Crippen molar-refractivity contribution in [2.75, 3.05) is 7.11 Å². The summed E-state index contributed by atoms with van der Waals surface area (Å²) < 4.78 is 6.68. The number of carbonyl (C=O) groups is 1. The minimum absolute atomic E-state index is 0.0771. The highest BCUT2D eigenvalue weighted by Gasteiger charge is 2.55. The van der Waals surface area contributed by atoms with E-state index < -0.39 is 5.60 Å². The van der Waals surface area contributed by atoms with Gasteiger partial charge in [-0.3, -0.25) is 4.79 Å². The molecule has 0 heterocycles. The molecule has 4 atom stereocenters. The molecule has 4 rings (SSSR count). The molecule has 0 aliphatic heterocycles. The van der Waals surface area contributed by atoms with Gasteiger partial charge in [0.15, 0.2) is 5.78 Å². The SMILES string of the molecule is CO[C@@]1(C)C(=O)C2C=C(Br)C1CC2c1ccccc1. The molecule has 1 saturated carbocycles. The van der Waals surface area contributed by atoms with Crippen molar-refractivity contribution in [1.82, 2.24) is 0 Å². The van der Waals surface area contributed by atoms with Crippen molar-refractivity contribution in [3.8, 4) is 0 Å². The van der Waals surface area contributed by atoms with E-state index in [2.05, 4.69) is 34.1 Å². The lowest BCUT2D eigenvalue weighted by Crippen LogP contribution is -2.56. The van der Waals surface area contributed by atoms with E-state index in [1.165, 1.54) is 5.56 Å². The first-order valence-corrected chi connectivity index (χ1v) is 7.39. The van der Waals surface area contributed by atoms with Crippen molar-refractivity contribution in [3.05, 3.63) is 46.5 Å². The summed E-state index contributed by atoms with van der Waals surface area (Å²) in [4.78, 5) is 12.7. The highest BCUT2D eigenvalue weighted by atomic mass is 79.9. The number of allylic oxidation sites excluding steroid dienone is 1. The highest BCUT2D eigenvalue weighted by Crippen LogP contribution is 2.53. The molecule has 19 heavy (non-hydrogen) atoms. The molecule has 3 heteroatoms.